The van der Waals surface area contributed by atoms with Crippen LogP contribution in [0.1, 0.15) is 19.3 Å². The normalized spacial score (nSPS) is 17.2. The fourth-order valence-corrected chi connectivity index (χ4v) is 2.18. The summed E-state index contributed by atoms with van der Waals surface area (Å²) in [5.74, 6) is 0. The van der Waals surface area contributed by atoms with Crippen molar-refractivity contribution < 1.29 is 4.63 Å². The summed E-state index contributed by atoms with van der Waals surface area (Å²) in [6.07, 6.45) is 3.87. The third kappa shape index (κ3) is 1.46. The summed E-state index contributed by atoms with van der Waals surface area (Å²) in [5, 5.41) is 7.83. The Hall–Kier alpha value is -1.58. The van der Waals surface area contributed by atoms with Crippen LogP contribution in [0.15, 0.2) is 22.8 Å². The van der Waals surface area contributed by atoms with E-state index < -0.39 is 0 Å². The minimum atomic E-state index is 0.845. The second-order valence-electron chi connectivity index (χ2n) is 3.96. The molecule has 0 aliphatic carbocycles. The van der Waals surface area contributed by atoms with E-state index in [1.54, 1.807) is 0 Å². The molecule has 0 spiro atoms. The number of piperidine rings is 1. The molecule has 0 bridgehead atoms. The van der Waals surface area contributed by atoms with Crippen LogP contribution in [0.4, 0.5) is 5.69 Å². The van der Waals surface area contributed by atoms with Gasteiger partial charge in [0.25, 0.3) is 0 Å². The first kappa shape index (κ1) is 8.71. The van der Waals surface area contributed by atoms with E-state index >= 15 is 0 Å². The van der Waals surface area contributed by atoms with Crippen molar-refractivity contribution in [2.45, 2.75) is 19.3 Å². The summed E-state index contributed by atoms with van der Waals surface area (Å²) in [7, 11) is 0. The van der Waals surface area contributed by atoms with E-state index in [-0.39, 0.29) is 0 Å². The van der Waals surface area contributed by atoms with Crippen LogP contribution in [0.2, 0.25) is 0 Å². The standard InChI is InChI=1S/C11H13N3O/c1-2-7-14(8-3-1)10-6-4-5-9-11(10)13-15-12-9/h4-6H,1-3,7-8H2. The lowest BCUT2D eigenvalue weighted by Crippen LogP contribution is -2.29. The Bertz CT molecular complexity index is 460. The molecule has 4 heteroatoms. The first-order valence-electron chi connectivity index (χ1n) is 5.41. The maximum absolute atomic E-state index is 4.77. The molecule has 3 rings (SSSR count). The molecule has 2 heterocycles. The first-order valence-corrected chi connectivity index (χ1v) is 5.41. The van der Waals surface area contributed by atoms with E-state index in [0.29, 0.717) is 0 Å². The summed E-state index contributed by atoms with van der Waals surface area (Å²) in [6, 6.07) is 6.04. The zero-order valence-corrected chi connectivity index (χ0v) is 8.52. The zero-order valence-electron chi connectivity index (χ0n) is 8.52. The molecular weight excluding hydrogens is 190 g/mol. The van der Waals surface area contributed by atoms with E-state index in [4.69, 9.17) is 4.63 Å². The average Bonchev–Trinajstić information content (AvgIpc) is 2.78. The topological polar surface area (TPSA) is 42.2 Å². The third-order valence-electron chi connectivity index (χ3n) is 2.96. The number of hydrogen-bond donors (Lipinski definition) is 0. The van der Waals surface area contributed by atoms with Crippen LogP contribution in [-0.2, 0) is 0 Å². The summed E-state index contributed by atoms with van der Waals surface area (Å²) in [4.78, 5) is 2.37. The highest BCUT2D eigenvalue weighted by Gasteiger charge is 2.15. The van der Waals surface area contributed by atoms with Crippen molar-refractivity contribution in [3.63, 3.8) is 0 Å². The molecule has 2 aromatic rings. The van der Waals surface area contributed by atoms with E-state index in [1.165, 1.54) is 19.3 Å². The van der Waals surface area contributed by atoms with Gasteiger partial charge in [-0.15, -0.1) is 0 Å². The van der Waals surface area contributed by atoms with Gasteiger partial charge in [-0.25, -0.2) is 4.63 Å². The zero-order chi connectivity index (χ0) is 10.1. The monoisotopic (exact) mass is 203 g/mol. The van der Waals surface area contributed by atoms with Crippen LogP contribution < -0.4 is 4.90 Å². The number of hydrogen-bond acceptors (Lipinski definition) is 4. The van der Waals surface area contributed by atoms with Gasteiger partial charge in [0.2, 0.25) is 0 Å². The predicted molar refractivity (Wildman–Crippen MR) is 57.9 cm³/mol. The van der Waals surface area contributed by atoms with Gasteiger partial charge in [-0.1, -0.05) is 6.07 Å². The van der Waals surface area contributed by atoms with Gasteiger partial charge in [-0.2, -0.15) is 0 Å². The van der Waals surface area contributed by atoms with Gasteiger partial charge in [0, 0.05) is 13.1 Å². The van der Waals surface area contributed by atoms with E-state index in [1.807, 2.05) is 12.1 Å². The van der Waals surface area contributed by atoms with Crippen LogP contribution in [0.25, 0.3) is 11.0 Å². The largest absolute Gasteiger partial charge is 0.370 e. The quantitative estimate of drug-likeness (QED) is 0.712. The Labute approximate surface area is 87.8 Å². The molecule has 1 fully saturated rings. The smallest absolute Gasteiger partial charge is 0.158 e. The van der Waals surface area contributed by atoms with Crippen LogP contribution in [0.3, 0.4) is 0 Å². The fourth-order valence-electron chi connectivity index (χ4n) is 2.18. The Balaban J connectivity index is 2.05. The molecule has 1 aromatic carbocycles. The second-order valence-corrected chi connectivity index (χ2v) is 3.96. The second kappa shape index (κ2) is 3.53. The first-order chi connectivity index (χ1) is 7.45. The summed E-state index contributed by atoms with van der Waals surface area (Å²) in [6.45, 7) is 2.23. The lowest BCUT2D eigenvalue weighted by Gasteiger charge is -2.28. The molecule has 0 saturated carbocycles. The van der Waals surface area contributed by atoms with Gasteiger partial charge in [0.15, 0.2) is 5.52 Å². The van der Waals surface area contributed by atoms with Crippen molar-refractivity contribution in [2.24, 2.45) is 0 Å². The maximum Gasteiger partial charge on any atom is 0.158 e. The SMILES string of the molecule is c1cc(N2CCCCC2)c2nonc2c1. The molecule has 15 heavy (non-hydrogen) atoms. The Morgan fingerprint density at radius 1 is 1.07 bits per heavy atom. The van der Waals surface area contributed by atoms with Crippen molar-refractivity contribution in [1.29, 1.82) is 0 Å². The van der Waals surface area contributed by atoms with E-state index in [9.17, 15) is 0 Å². The highest BCUT2D eigenvalue weighted by atomic mass is 16.6. The molecular formula is C11H13N3O. The van der Waals surface area contributed by atoms with Crippen LogP contribution >= 0.6 is 0 Å². The van der Waals surface area contributed by atoms with Gasteiger partial charge in [-0.05, 0) is 41.7 Å². The number of rotatable bonds is 1. The van der Waals surface area contributed by atoms with Gasteiger partial charge in [0.1, 0.15) is 5.52 Å². The molecule has 1 saturated heterocycles. The predicted octanol–water partition coefficient (Wildman–Crippen LogP) is 2.21. The third-order valence-corrected chi connectivity index (χ3v) is 2.96. The molecule has 0 radical (unpaired) electrons. The van der Waals surface area contributed by atoms with Gasteiger partial charge in [-0.3, -0.25) is 0 Å². The number of aromatic nitrogens is 2. The van der Waals surface area contributed by atoms with Crippen LogP contribution in [0.5, 0.6) is 0 Å². The molecule has 0 unspecified atom stereocenters. The van der Waals surface area contributed by atoms with Crippen molar-refractivity contribution in [3.05, 3.63) is 18.2 Å². The van der Waals surface area contributed by atoms with Crippen molar-refractivity contribution >= 4 is 16.7 Å². The molecule has 0 amide bonds. The molecule has 1 aromatic heterocycles. The summed E-state index contributed by atoms with van der Waals surface area (Å²) >= 11 is 0. The fraction of sp³-hybridized carbons (Fsp3) is 0.455. The molecule has 4 nitrogen and oxygen atoms in total. The van der Waals surface area contributed by atoms with Crippen molar-refractivity contribution in [3.8, 4) is 0 Å². The molecule has 1 aliphatic heterocycles. The van der Waals surface area contributed by atoms with Crippen LogP contribution in [0, 0.1) is 0 Å². The minimum Gasteiger partial charge on any atom is -0.370 e. The summed E-state index contributed by atoms with van der Waals surface area (Å²) in [5.41, 5.74) is 2.89. The van der Waals surface area contributed by atoms with Crippen molar-refractivity contribution in [1.82, 2.24) is 10.3 Å². The van der Waals surface area contributed by atoms with Gasteiger partial charge < -0.3 is 4.90 Å². The van der Waals surface area contributed by atoms with Gasteiger partial charge in [0.05, 0.1) is 5.69 Å². The summed E-state index contributed by atoms with van der Waals surface area (Å²) < 4.78 is 4.77. The molecule has 78 valence electrons. The number of anilines is 1. The molecule has 0 N–H and O–H groups in total. The highest BCUT2D eigenvalue weighted by Crippen LogP contribution is 2.26. The number of benzene rings is 1. The molecule has 0 atom stereocenters. The average molecular weight is 203 g/mol. The Kier molecular flexibility index (Phi) is 2.05. The van der Waals surface area contributed by atoms with Gasteiger partial charge >= 0.3 is 0 Å². The Morgan fingerprint density at radius 2 is 1.93 bits per heavy atom. The minimum absolute atomic E-state index is 0.845. The maximum atomic E-state index is 4.77. The lowest BCUT2D eigenvalue weighted by atomic mass is 10.1. The van der Waals surface area contributed by atoms with E-state index in [0.717, 1.165) is 29.8 Å². The number of fused-ring (bicyclic) bond motifs is 1. The highest BCUT2D eigenvalue weighted by molar-refractivity contribution is 5.87. The van der Waals surface area contributed by atoms with Crippen molar-refractivity contribution in [2.75, 3.05) is 18.0 Å². The molecule has 1 aliphatic rings. The Morgan fingerprint density at radius 3 is 2.80 bits per heavy atom. The van der Waals surface area contributed by atoms with Crippen LogP contribution in [-0.4, -0.2) is 23.4 Å². The lowest BCUT2D eigenvalue weighted by molar-refractivity contribution is 0.315. The van der Waals surface area contributed by atoms with E-state index in [2.05, 4.69) is 21.3 Å². The number of nitrogens with zero attached hydrogens (tertiary/aromatic N) is 3.